The molecule has 4 nitrogen and oxygen atoms in total. The predicted molar refractivity (Wildman–Crippen MR) is 86.8 cm³/mol. The van der Waals surface area contributed by atoms with E-state index in [9.17, 15) is 18.3 Å². The third kappa shape index (κ3) is 3.76. The van der Waals surface area contributed by atoms with Gasteiger partial charge in [0.25, 0.3) is 0 Å². The van der Waals surface area contributed by atoms with E-state index >= 15 is 0 Å². The van der Waals surface area contributed by atoms with Gasteiger partial charge >= 0.3 is 0 Å². The Labute approximate surface area is 134 Å². The van der Waals surface area contributed by atoms with Gasteiger partial charge in [-0.15, -0.1) is 0 Å². The van der Waals surface area contributed by atoms with Crippen LogP contribution in [0.5, 0.6) is 0 Å². The van der Waals surface area contributed by atoms with Crippen LogP contribution in [0.2, 0.25) is 0 Å². The van der Waals surface area contributed by atoms with E-state index in [0.29, 0.717) is 20.9 Å². The van der Waals surface area contributed by atoms with Gasteiger partial charge in [-0.25, -0.2) is 0 Å². The SMILES string of the molecule is C[S@](=O)c1ccc([C@@H](O)C(=O)c2ccc([S@@](C)=O)cc2)cc1. The molecule has 116 valence electrons. The lowest BCUT2D eigenvalue weighted by Crippen LogP contribution is -2.12. The quantitative estimate of drug-likeness (QED) is 0.849. The van der Waals surface area contributed by atoms with Gasteiger partial charge in [0.2, 0.25) is 0 Å². The fourth-order valence-electron chi connectivity index (χ4n) is 1.96. The summed E-state index contributed by atoms with van der Waals surface area (Å²) in [5.74, 6) is -0.432. The molecular formula is C16H16O4S2. The Balaban J connectivity index is 2.20. The van der Waals surface area contributed by atoms with Crippen LogP contribution >= 0.6 is 0 Å². The van der Waals surface area contributed by atoms with Crippen LogP contribution in [0.25, 0.3) is 0 Å². The summed E-state index contributed by atoms with van der Waals surface area (Å²) in [6, 6.07) is 12.8. The van der Waals surface area contributed by atoms with Crippen LogP contribution in [0.4, 0.5) is 0 Å². The molecule has 0 fully saturated rings. The number of rotatable bonds is 5. The lowest BCUT2D eigenvalue weighted by Gasteiger charge is -2.11. The van der Waals surface area contributed by atoms with Gasteiger partial charge < -0.3 is 5.11 Å². The van der Waals surface area contributed by atoms with Gasteiger partial charge in [-0.05, 0) is 29.8 Å². The van der Waals surface area contributed by atoms with Gasteiger partial charge in [-0.3, -0.25) is 13.2 Å². The summed E-state index contributed by atoms with van der Waals surface area (Å²) in [6.07, 6.45) is 1.85. The molecule has 0 aromatic heterocycles. The van der Waals surface area contributed by atoms with E-state index in [2.05, 4.69) is 0 Å². The smallest absolute Gasteiger partial charge is 0.195 e. The van der Waals surface area contributed by atoms with Gasteiger partial charge in [0, 0.05) is 49.5 Å². The van der Waals surface area contributed by atoms with Crippen LogP contribution in [0.15, 0.2) is 58.3 Å². The molecule has 0 aliphatic carbocycles. The van der Waals surface area contributed by atoms with E-state index in [1.165, 1.54) is 0 Å². The number of carbonyl (C=O) groups excluding carboxylic acids is 1. The van der Waals surface area contributed by atoms with Crippen molar-refractivity contribution < 1.29 is 18.3 Å². The third-order valence-electron chi connectivity index (χ3n) is 3.25. The van der Waals surface area contributed by atoms with Crippen molar-refractivity contribution in [3.05, 3.63) is 59.7 Å². The Morgan fingerprint density at radius 2 is 1.27 bits per heavy atom. The molecule has 0 bridgehead atoms. The van der Waals surface area contributed by atoms with Gasteiger partial charge in [0.15, 0.2) is 5.78 Å². The first kappa shape index (κ1) is 16.7. The first-order valence-electron chi connectivity index (χ1n) is 6.49. The summed E-state index contributed by atoms with van der Waals surface area (Å²) in [7, 11) is -2.21. The molecule has 0 unspecified atom stereocenters. The van der Waals surface area contributed by atoms with E-state index in [0.717, 1.165) is 0 Å². The Bertz CT molecular complexity index is 721. The number of carbonyl (C=O) groups is 1. The summed E-state index contributed by atoms with van der Waals surface area (Å²) in [4.78, 5) is 13.5. The van der Waals surface area contributed by atoms with Gasteiger partial charge in [-0.1, -0.05) is 24.3 Å². The monoisotopic (exact) mass is 336 g/mol. The van der Waals surface area contributed by atoms with Crippen molar-refractivity contribution in [2.45, 2.75) is 15.9 Å². The number of hydrogen-bond acceptors (Lipinski definition) is 4. The number of aliphatic hydroxyl groups is 1. The largest absolute Gasteiger partial charge is 0.380 e. The van der Waals surface area contributed by atoms with Gasteiger partial charge in [0.1, 0.15) is 6.10 Å². The van der Waals surface area contributed by atoms with Gasteiger partial charge in [0.05, 0.1) is 0 Å². The minimum atomic E-state index is -1.28. The molecule has 3 atom stereocenters. The Morgan fingerprint density at radius 1 is 0.864 bits per heavy atom. The molecule has 0 aliphatic heterocycles. The lowest BCUT2D eigenvalue weighted by molar-refractivity contribution is 0.0747. The van der Waals surface area contributed by atoms with E-state index in [-0.39, 0.29) is 0 Å². The van der Waals surface area contributed by atoms with E-state index in [4.69, 9.17) is 0 Å². The molecule has 1 N–H and O–H groups in total. The molecular weight excluding hydrogens is 320 g/mol. The van der Waals surface area contributed by atoms with Gasteiger partial charge in [-0.2, -0.15) is 0 Å². The van der Waals surface area contributed by atoms with Crippen molar-refractivity contribution in [1.82, 2.24) is 0 Å². The van der Waals surface area contributed by atoms with Crippen LogP contribution in [0.1, 0.15) is 22.0 Å². The average molecular weight is 336 g/mol. The fourth-order valence-corrected chi connectivity index (χ4v) is 3.00. The first-order chi connectivity index (χ1) is 10.4. The maximum absolute atomic E-state index is 12.3. The molecule has 22 heavy (non-hydrogen) atoms. The molecule has 0 saturated carbocycles. The van der Waals surface area contributed by atoms with Crippen LogP contribution in [-0.2, 0) is 21.6 Å². The highest BCUT2D eigenvalue weighted by Gasteiger charge is 2.19. The number of aliphatic hydroxyl groups excluding tert-OH is 1. The number of benzene rings is 2. The highest BCUT2D eigenvalue weighted by Crippen LogP contribution is 2.20. The summed E-state index contributed by atoms with van der Waals surface area (Å²) in [5.41, 5.74) is 0.798. The van der Waals surface area contributed by atoms with E-state index in [1.807, 2.05) is 0 Å². The second kappa shape index (κ2) is 7.09. The van der Waals surface area contributed by atoms with E-state index < -0.39 is 33.5 Å². The zero-order valence-corrected chi connectivity index (χ0v) is 13.8. The minimum absolute atomic E-state index is 0.352. The van der Waals surface area contributed by atoms with Crippen LogP contribution < -0.4 is 0 Å². The fraction of sp³-hybridized carbons (Fsp3) is 0.188. The Hall–Kier alpha value is -1.63. The van der Waals surface area contributed by atoms with E-state index in [1.54, 1.807) is 61.0 Å². The third-order valence-corrected chi connectivity index (χ3v) is 5.12. The Morgan fingerprint density at radius 3 is 1.68 bits per heavy atom. The zero-order valence-electron chi connectivity index (χ0n) is 12.2. The van der Waals surface area contributed by atoms with Crippen LogP contribution in [0, 0.1) is 0 Å². The summed E-state index contributed by atoms with van der Waals surface area (Å²) in [5, 5.41) is 10.2. The number of hydrogen-bond donors (Lipinski definition) is 1. The second-order valence-corrected chi connectivity index (χ2v) is 7.53. The van der Waals surface area contributed by atoms with Crippen molar-refractivity contribution in [2.75, 3.05) is 12.5 Å². The van der Waals surface area contributed by atoms with Crippen LogP contribution in [0.3, 0.4) is 0 Å². The molecule has 0 aliphatic rings. The number of ketones is 1. The zero-order chi connectivity index (χ0) is 16.3. The minimum Gasteiger partial charge on any atom is -0.380 e. The lowest BCUT2D eigenvalue weighted by atomic mass is 10.0. The topological polar surface area (TPSA) is 71.4 Å². The molecule has 2 aromatic rings. The van der Waals surface area contributed by atoms with Crippen LogP contribution in [-0.4, -0.2) is 31.8 Å². The maximum atomic E-state index is 12.3. The molecule has 0 amide bonds. The van der Waals surface area contributed by atoms with Crippen molar-refractivity contribution in [3.63, 3.8) is 0 Å². The summed E-state index contributed by atoms with van der Waals surface area (Å²) < 4.78 is 22.6. The first-order valence-corrected chi connectivity index (χ1v) is 9.61. The Kier molecular flexibility index (Phi) is 5.39. The molecule has 2 aromatic carbocycles. The van der Waals surface area contributed by atoms with Crippen molar-refractivity contribution in [3.8, 4) is 0 Å². The molecule has 0 radical (unpaired) electrons. The highest BCUT2D eigenvalue weighted by atomic mass is 32.2. The number of Topliss-reactive ketones (excluding diaryl/α,β-unsaturated/α-hetero) is 1. The second-order valence-electron chi connectivity index (χ2n) is 4.77. The summed E-state index contributed by atoms with van der Waals surface area (Å²) in [6.45, 7) is 0. The molecule has 2 rings (SSSR count). The molecule has 0 saturated heterocycles. The van der Waals surface area contributed by atoms with Crippen molar-refractivity contribution >= 4 is 27.4 Å². The predicted octanol–water partition coefficient (Wildman–Crippen LogP) is 2.08. The van der Waals surface area contributed by atoms with Crippen molar-refractivity contribution in [1.29, 1.82) is 0 Å². The highest BCUT2D eigenvalue weighted by molar-refractivity contribution is 7.84. The molecule has 0 spiro atoms. The standard InChI is InChI=1S/C16H16O4S2/c1-21(19)13-7-3-11(4-8-13)15(17)16(18)12-5-9-14(10-6-12)22(2)20/h3-10,15,17H,1-2H3/t15-,21+,22-/m1/s1. The normalized spacial score (nSPS) is 15.0. The molecule has 6 heteroatoms. The van der Waals surface area contributed by atoms with Crippen molar-refractivity contribution in [2.24, 2.45) is 0 Å². The summed E-state index contributed by atoms with van der Waals surface area (Å²) >= 11 is 0. The molecule has 0 heterocycles. The maximum Gasteiger partial charge on any atom is 0.195 e. The average Bonchev–Trinajstić information content (AvgIpc) is 2.53.